The van der Waals surface area contributed by atoms with E-state index in [0.717, 1.165) is 11.8 Å². The number of rotatable bonds is 3. The molecule has 0 aromatic heterocycles. The molecule has 0 heterocycles. The van der Waals surface area contributed by atoms with Crippen LogP contribution in [-0.2, 0) is 0 Å². The van der Waals surface area contributed by atoms with E-state index in [1.54, 1.807) is 0 Å². The second-order valence-corrected chi connectivity index (χ2v) is 4.63. The van der Waals surface area contributed by atoms with Crippen LogP contribution in [0.15, 0.2) is 12.2 Å². The molecule has 2 atom stereocenters. The van der Waals surface area contributed by atoms with Gasteiger partial charge < -0.3 is 0 Å². The van der Waals surface area contributed by atoms with E-state index in [2.05, 4.69) is 20.4 Å². The van der Waals surface area contributed by atoms with E-state index in [0.29, 0.717) is 0 Å². The SMILES string of the molecule is C=C(C)CCC1CCCC(C)C1. The smallest absolute Gasteiger partial charge is 0.0323 e. The van der Waals surface area contributed by atoms with Crippen molar-refractivity contribution in [2.75, 3.05) is 0 Å². The van der Waals surface area contributed by atoms with E-state index < -0.39 is 0 Å². The van der Waals surface area contributed by atoms with Gasteiger partial charge in [-0.1, -0.05) is 31.8 Å². The van der Waals surface area contributed by atoms with Crippen molar-refractivity contribution < 1.29 is 0 Å². The molecular formula is C12H22. The van der Waals surface area contributed by atoms with Gasteiger partial charge in [0.25, 0.3) is 0 Å². The summed E-state index contributed by atoms with van der Waals surface area (Å²) in [6, 6.07) is 0. The summed E-state index contributed by atoms with van der Waals surface area (Å²) >= 11 is 0. The summed E-state index contributed by atoms with van der Waals surface area (Å²) in [5.41, 5.74) is 1.35. The zero-order chi connectivity index (χ0) is 8.97. The fourth-order valence-electron chi connectivity index (χ4n) is 2.27. The van der Waals surface area contributed by atoms with Crippen LogP contribution in [0.3, 0.4) is 0 Å². The lowest BCUT2D eigenvalue weighted by molar-refractivity contribution is 0.270. The lowest BCUT2D eigenvalue weighted by Crippen LogP contribution is -2.13. The van der Waals surface area contributed by atoms with Crippen LogP contribution >= 0.6 is 0 Å². The van der Waals surface area contributed by atoms with Gasteiger partial charge in [0.1, 0.15) is 0 Å². The molecule has 0 N–H and O–H groups in total. The van der Waals surface area contributed by atoms with Gasteiger partial charge in [-0.2, -0.15) is 0 Å². The van der Waals surface area contributed by atoms with Crippen molar-refractivity contribution in [1.29, 1.82) is 0 Å². The predicted octanol–water partition coefficient (Wildman–Crippen LogP) is 4.17. The maximum Gasteiger partial charge on any atom is -0.0323 e. The van der Waals surface area contributed by atoms with Crippen LogP contribution in [0.1, 0.15) is 52.4 Å². The summed E-state index contributed by atoms with van der Waals surface area (Å²) in [7, 11) is 0. The molecule has 1 aliphatic carbocycles. The minimum Gasteiger partial charge on any atom is -0.100 e. The molecule has 0 bridgehead atoms. The minimum absolute atomic E-state index is 0.980. The summed E-state index contributed by atoms with van der Waals surface area (Å²) in [6.07, 6.45) is 8.49. The molecule has 1 aliphatic rings. The first-order chi connectivity index (χ1) is 5.68. The molecule has 0 saturated heterocycles. The third kappa shape index (κ3) is 3.42. The molecule has 0 nitrogen and oxygen atoms in total. The van der Waals surface area contributed by atoms with E-state index in [1.165, 1.54) is 44.1 Å². The molecule has 1 fully saturated rings. The maximum atomic E-state index is 3.96. The lowest BCUT2D eigenvalue weighted by atomic mass is 9.80. The van der Waals surface area contributed by atoms with Crippen molar-refractivity contribution in [3.05, 3.63) is 12.2 Å². The molecule has 0 aromatic rings. The molecular weight excluding hydrogens is 144 g/mol. The molecule has 0 aromatic carbocycles. The molecule has 12 heavy (non-hydrogen) atoms. The molecule has 1 saturated carbocycles. The first-order valence-electron chi connectivity index (χ1n) is 5.33. The standard InChI is InChI=1S/C12H22/c1-10(2)7-8-12-6-4-5-11(3)9-12/h11-12H,1,4-9H2,2-3H3. The van der Waals surface area contributed by atoms with E-state index in [-0.39, 0.29) is 0 Å². The van der Waals surface area contributed by atoms with E-state index in [1.807, 2.05) is 0 Å². The lowest BCUT2D eigenvalue weighted by Gasteiger charge is -2.26. The second-order valence-electron chi connectivity index (χ2n) is 4.63. The highest BCUT2D eigenvalue weighted by Gasteiger charge is 2.17. The van der Waals surface area contributed by atoms with Crippen LogP contribution in [-0.4, -0.2) is 0 Å². The average Bonchev–Trinajstić information content (AvgIpc) is 2.01. The molecule has 0 heteroatoms. The minimum atomic E-state index is 0.980. The third-order valence-electron chi connectivity index (χ3n) is 3.02. The largest absolute Gasteiger partial charge is 0.100 e. The fraction of sp³-hybridized carbons (Fsp3) is 0.833. The zero-order valence-corrected chi connectivity index (χ0v) is 8.60. The van der Waals surface area contributed by atoms with Crippen molar-refractivity contribution in [3.8, 4) is 0 Å². The molecule has 0 amide bonds. The van der Waals surface area contributed by atoms with Gasteiger partial charge in [-0.05, 0) is 38.0 Å². The first-order valence-corrected chi connectivity index (χ1v) is 5.33. The highest BCUT2D eigenvalue weighted by Crippen LogP contribution is 2.31. The Labute approximate surface area is 77.1 Å². The van der Waals surface area contributed by atoms with Crippen LogP contribution in [0, 0.1) is 11.8 Å². The Morgan fingerprint density at radius 2 is 2.17 bits per heavy atom. The molecule has 0 spiro atoms. The zero-order valence-electron chi connectivity index (χ0n) is 8.60. The molecule has 0 radical (unpaired) electrons. The van der Waals surface area contributed by atoms with Gasteiger partial charge in [0, 0.05) is 0 Å². The van der Waals surface area contributed by atoms with Gasteiger partial charge in [0.15, 0.2) is 0 Å². The van der Waals surface area contributed by atoms with Crippen LogP contribution < -0.4 is 0 Å². The van der Waals surface area contributed by atoms with Gasteiger partial charge in [0.05, 0.1) is 0 Å². The van der Waals surface area contributed by atoms with Gasteiger partial charge >= 0.3 is 0 Å². The summed E-state index contributed by atoms with van der Waals surface area (Å²) in [5.74, 6) is 1.99. The van der Waals surface area contributed by atoms with E-state index in [9.17, 15) is 0 Å². The van der Waals surface area contributed by atoms with Crippen LogP contribution in [0.2, 0.25) is 0 Å². The first kappa shape index (κ1) is 9.83. The Morgan fingerprint density at radius 3 is 2.75 bits per heavy atom. The van der Waals surface area contributed by atoms with Crippen LogP contribution in [0.25, 0.3) is 0 Å². The van der Waals surface area contributed by atoms with E-state index in [4.69, 9.17) is 0 Å². The molecule has 70 valence electrons. The number of allylic oxidation sites excluding steroid dienone is 1. The van der Waals surface area contributed by atoms with Gasteiger partial charge in [-0.25, -0.2) is 0 Å². The normalized spacial score (nSPS) is 30.2. The third-order valence-corrected chi connectivity index (χ3v) is 3.02. The summed E-state index contributed by atoms with van der Waals surface area (Å²) < 4.78 is 0. The predicted molar refractivity (Wildman–Crippen MR) is 55.2 cm³/mol. The van der Waals surface area contributed by atoms with E-state index >= 15 is 0 Å². The van der Waals surface area contributed by atoms with Crippen molar-refractivity contribution in [3.63, 3.8) is 0 Å². The van der Waals surface area contributed by atoms with Crippen molar-refractivity contribution in [2.24, 2.45) is 11.8 Å². The topological polar surface area (TPSA) is 0 Å². The van der Waals surface area contributed by atoms with Crippen molar-refractivity contribution in [2.45, 2.75) is 52.4 Å². The number of hydrogen-bond donors (Lipinski definition) is 0. The monoisotopic (exact) mass is 166 g/mol. The Morgan fingerprint density at radius 1 is 1.42 bits per heavy atom. The number of hydrogen-bond acceptors (Lipinski definition) is 0. The summed E-state index contributed by atoms with van der Waals surface area (Å²) in [4.78, 5) is 0. The Bertz CT molecular complexity index is 146. The molecule has 2 unspecified atom stereocenters. The van der Waals surface area contributed by atoms with Crippen molar-refractivity contribution in [1.82, 2.24) is 0 Å². The van der Waals surface area contributed by atoms with Crippen molar-refractivity contribution >= 4 is 0 Å². The average molecular weight is 166 g/mol. The maximum absolute atomic E-state index is 3.96. The molecule has 0 aliphatic heterocycles. The fourth-order valence-corrected chi connectivity index (χ4v) is 2.27. The summed E-state index contributed by atoms with van der Waals surface area (Å²) in [6.45, 7) is 8.50. The van der Waals surface area contributed by atoms with Crippen LogP contribution in [0.4, 0.5) is 0 Å². The summed E-state index contributed by atoms with van der Waals surface area (Å²) in [5, 5.41) is 0. The molecule has 1 rings (SSSR count). The quantitative estimate of drug-likeness (QED) is 0.552. The van der Waals surface area contributed by atoms with Gasteiger partial charge in [-0.3, -0.25) is 0 Å². The van der Waals surface area contributed by atoms with Gasteiger partial charge in [-0.15, -0.1) is 6.58 Å². The highest BCUT2D eigenvalue weighted by molar-refractivity contribution is 4.88. The second kappa shape index (κ2) is 4.69. The Kier molecular flexibility index (Phi) is 3.84. The highest BCUT2D eigenvalue weighted by atomic mass is 14.2. The Balaban J connectivity index is 2.18. The Hall–Kier alpha value is -0.260. The van der Waals surface area contributed by atoms with Gasteiger partial charge in [0.2, 0.25) is 0 Å². The van der Waals surface area contributed by atoms with Crippen LogP contribution in [0.5, 0.6) is 0 Å².